The van der Waals surface area contributed by atoms with E-state index < -0.39 is 0 Å². The molecule has 0 radical (unpaired) electrons. The normalized spacial score (nSPS) is 16.9. The summed E-state index contributed by atoms with van der Waals surface area (Å²) in [5.74, 6) is 0.811. The Morgan fingerprint density at radius 2 is 1.63 bits per heavy atom. The fraction of sp³-hybridized carbons (Fsp3) is 0.458. The molecule has 2 aromatic carbocycles. The Hall–Kier alpha value is -2.13. The molecule has 0 spiro atoms. The standard InChI is InChI=1S/C24H30O3/c1-23(2,3)19-10-8-7-9-18(19)22(25)16-11-12-20(24(4,5)6)21(13-16)27-15-17-14-26-17/h7-13,17H,14-15H2,1-6H3. The van der Waals surface area contributed by atoms with Crippen molar-refractivity contribution in [1.29, 1.82) is 0 Å². The summed E-state index contributed by atoms with van der Waals surface area (Å²) in [7, 11) is 0. The molecule has 2 aromatic rings. The zero-order chi connectivity index (χ0) is 19.8. The molecule has 0 bridgehead atoms. The zero-order valence-electron chi connectivity index (χ0n) is 17.3. The van der Waals surface area contributed by atoms with Gasteiger partial charge in [-0.15, -0.1) is 0 Å². The fourth-order valence-electron chi connectivity index (χ4n) is 3.24. The monoisotopic (exact) mass is 366 g/mol. The molecule has 0 saturated carbocycles. The lowest BCUT2D eigenvalue weighted by molar-refractivity contribution is 0.103. The van der Waals surface area contributed by atoms with Gasteiger partial charge in [0.25, 0.3) is 0 Å². The molecular formula is C24H30O3. The molecule has 3 rings (SSSR count). The zero-order valence-corrected chi connectivity index (χ0v) is 17.3. The van der Waals surface area contributed by atoms with Crippen molar-refractivity contribution in [3.8, 4) is 5.75 Å². The number of hydrogen-bond acceptors (Lipinski definition) is 3. The Morgan fingerprint density at radius 3 is 2.22 bits per heavy atom. The molecule has 3 heteroatoms. The Balaban J connectivity index is 1.99. The van der Waals surface area contributed by atoms with E-state index in [4.69, 9.17) is 9.47 Å². The minimum atomic E-state index is -0.0970. The van der Waals surface area contributed by atoms with Gasteiger partial charge in [-0.25, -0.2) is 0 Å². The van der Waals surface area contributed by atoms with Crippen LogP contribution in [0, 0.1) is 0 Å². The number of ketones is 1. The maximum atomic E-state index is 13.3. The average molecular weight is 367 g/mol. The van der Waals surface area contributed by atoms with Gasteiger partial charge < -0.3 is 9.47 Å². The third-order valence-electron chi connectivity index (χ3n) is 4.86. The van der Waals surface area contributed by atoms with E-state index in [1.165, 1.54) is 0 Å². The molecule has 1 fully saturated rings. The molecule has 1 atom stereocenters. The van der Waals surface area contributed by atoms with Crippen molar-refractivity contribution in [2.24, 2.45) is 0 Å². The van der Waals surface area contributed by atoms with E-state index in [0.717, 1.165) is 29.0 Å². The van der Waals surface area contributed by atoms with Crippen LogP contribution in [0.25, 0.3) is 0 Å². The molecule has 1 aliphatic rings. The first-order chi connectivity index (χ1) is 12.6. The van der Waals surface area contributed by atoms with E-state index in [0.29, 0.717) is 12.2 Å². The van der Waals surface area contributed by atoms with Crippen molar-refractivity contribution >= 4 is 5.78 Å². The lowest BCUT2D eigenvalue weighted by Crippen LogP contribution is -2.18. The first kappa shape index (κ1) is 19.6. The Kier molecular flexibility index (Phi) is 5.18. The largest absolute Gasteiger partial charge is 0.490 e. The van der Waals surface area contributed by atoms with Crippen molar-refractivity contribution in [1.82, 2.24) is 0 Å². The number of carbonyl (C=O) groups excluding carboxylic acids is 1. The van der Waals surface area contributed by atoms with Crippen LogP contribution in [-0.2, 0) is 15.6 Å². The number of epoxide rings is 1. The van der Waals surface area contributed by atoms with Crippen molar-refractivity contribution in [3.05, 3.63) is 64.7 Å². The molecule has 1 heterocycles. The summed E-state index contributed by atoms with van der Waals surface area (Å²) >= 11 is 0. The predicted molar refractivity (Wildman–Crippen MR) is 109 cm³/mol. The van der Waals surface area contributed by atoms with Gasteiger partial charge in [0.2, 0.25) is 0 Å². The molecular weight excluding hydrogens is 336 g/mol. The average Bonchev–Trinajstić information content (AvgIpc) is 3.42. The fourth-order valence-corrected chi connectivity index (χ4v) is 3.24. The third-order valence-corrected chi connectivity index (χ3v) is 4.86. The Bertz CT molecular complexity index is 833. The highest BCUT2D eigenvalue weighted by Crippen LogP contribution is 2.34. The highest BCUT2D eigenvalue weighted by Gasteiger charge is 2.27. The van der Waals surface area contributed by atoms with Crippen LogP contribution >= 0.6 is 0 Å². The van der Waals surface area contributed by atoms with E-state index >= 15 is 0 Å². The summed E-state index contributed by atoms with van der Waals surface area (Å²) < 4.78 is 11.3. The van der Waals surface area contributed by atoms with Crippen molar-refractivity contribution in [3.63, 3.8) is 0 Å². The first-order valence-electron chi connectivity index (χ1n) is 9.60. The third kappa shape index (κ3) is 4.59. The molecule has 27 heavy (non-hydrogen) atoms. The number of benzene rings is 2. The van der Waals surface area contributed by atoms with E-state index in [1.54, 1.807) is 0 Å². The molecule has 1 aliphatic heterocycles. The first-order valence-corrected chi connectivity index (χ1v) is 9.60. The van der Waals surface area contributed by atoms with Crippen molar-refractivity contribution in [2.45, 2.75) is 58.5 Å². The highest BCUT2D eigenvalue weighted by molar-refractivity contribution is 6.10. The molecule has 0 N–H and O–H groups in total. The maximum Gasteiger partial charge on any atom is 0.193 e. The van der Waals surface area contributed by atoms with Gasteiger partial charge in [-0.2, -0.15) is 0 Å². The summed E-state index contributed by atoms with van der Waals surface area (Å²) in [5.41, 5.74) is 3.41. The van der Waals surface area contributed by atoms with Crippen molar-refractivity contribution in [2.75, 3.05) is 13.2 Å². The molecule has 0 amide bonds. The SMILES string of the molecule is CC(C)(C)c1ccc(C(=O)c2ccccc2C(C)(C)C)cc1OCC1CO1. The van der Waals surface area contributed by atoms with Gasteiger partial charge in [-0.05, 0) is 28.0 Å². The quantitative estimate of drug-likeness (QED) is 0.533. The van der Waals surface area contributed by atoms with E-state index in [1.807, 2.05) is 42.5 Å². The van der Waals surface area contributed by atoms with Gasteiger partial charge in [-0.1, -0.05) is 77.9 Å². The van der Waals surface area contributed by atoms with Crippen LogP contribution in [0.5, 0.6) is 5.75 Å². The van der Waals surface area contributed by atoms with Crippen molar-refractivity contribution < 1.29 is 14.3 Å². The van der Waals surface area contributed by atoms with Gasteiger partial charge in [0.15, 0.2) is 5.78 Å². The minimum absolute atomic E-state index is 0.0357. The molecule has 144 valence electrons. The van der Waals surface area contributed by atoms with E-state index in [-0.39, 0.29) is 22.7 Å². The Labute approximate surface area is 162 Å². The second-order valence-electron chi connectivity index (χ2n) is 9.35. The minimum Gasteiger partial charge on any atom is -0.490 e. The Morgan fingerprint density at radius 1 is 1.00 bits per heavy atom. The van der Waals surface area contributed by atoms with Gasteiger partial charge in [0.1, 0.15) is 18.5 Å². The van der Waals surface area contributed by atoms with E-state index in [9.17, 15) is 4.79 Å². The van der Waals surface area contributed by atoms with Crippen LogP contribution in [0.15, 0.2) is 42.5 Å². The number of rotatable bonds is 5. The van der Waals surface area contributed by atoms with E-state index in [2.05, 4.69) is 41.5 Å². The molecule has 3 nitrogen and oxygen atoms in total. The van der Waals surface area contributed by atoms with Gasteiger partial charge >= 0.3 is 0 Å². The maximum absolute atomic E-state index is 13.3. The second kappa shape index (κ2) is 7.12. The van der Waals surface area contributed by atoms with Crippen LogP contribution in [0.1, 0.15) is 68.6 Å². The summed E-state index contributed by atoms with van der Waals surface area (Å²) in [4.78, 5) is 13.3. The van der Waals surface area contributed by atoms with Gasteiger partial charge in [0, 0.05) is 11.1 Å². The topological polar surface area (TPSA) is 38.8 Å². The molecule has 0 aromatic heterocycles. The second-order valence-corrected chi connectivity index (χ2v) is 9.35. The van der Waals surface area contributed by atoms with Crippen LogP contribution in [0.2, 0.25) is 0 Å². The van der Waals surface area contributed by atoms with Gasteiger partial charge in [0.05, 0.1) is 6.61 Å². The molecule has 1 saturated heterocycles. The number of carbonyl (C=O) groups is 1. The number of hydrogen-bond donors (Lipinski definition) is 0. The lowest BCUT2D eigenvalue weighted by Gasteiger charge is -2.24. The van der Waals surface area contributed by atoms with Crippen LogP contribution < -0.4 is 4.74 Å². The van der Waals surface area contributed by atoms with Crippen LogP contribution in [0.4, 0.5) is 0 Å². The summed E-state index contributed by atoms with van der Waals surface area (Å²) in [6.07, 6.45) is 0.179. The van der Waals surface area contributed by atoms with Gasteiger partial charge in [-0.3, -0.25) is 4.79 Å². The lowest BCUT2D eigenvalue weighted by atomic mass is 9.81. The smallest absolute Gasteiger partial charge is 0.193 e. The summed E-state index contributed by atoms with van der Waals surface area (Å²) in [5, 5.41) is 0. The summed E-state index contributed by atoms with van der Waals surface area (Å²) in [6.45, 7) is 14.1. The molecule has 1 unspecified atom stereocenters. The van der Waals surface area contributed by atoms with Crippen LogP contribution in [-0.4, -0.2) is 25.1 Å². The van der Waals surface area contributed by atoms with Crippen LogP contribution in [0.3, 0.4) is 0 Å². The summed E-state index contributed by atoms with van der Waals surface area (Å²) in [6, 6.07) is 13.7. The highest BCUT2D eigenvalue weighted by atomic mass is 16.6. The predicted octanol–water partition coefficient (Wildman–Crippen LogP) is 5.29. The number of ether oxygens (including phenoxy) is 2. The molecule has 0 aliphatic carbocycles.